The zero-order valence-electron chi connectivity index (χ0n) is 14.1. The van der Waals surface area contributed by atoms with Crippen LogP contribution >= 0.6 is 0 Å². The molecule has 0 aliphatic carbocycles. The second-order valence-electron chi connectivity index (χ2n) is 6.51. The summed E-state index contributed by atoms with van der Waals surface area (Å²) < 4.78 is 0. The van der Waals surface area contributed by atoms with Crippen molar-refractivity contribution in [3.63, 3.8) is 0 Å². The van der Waals surface area contributed by atoms with Gasteiger partial charge in [0.05, 0.1) is 6.54 Å². The summed E-state index contributed by atoms with van der Waals surface area (Å²) in [5, 5.41) is 3.06. The van der Waals surface area contributed by atoms with Gasteiger partial charge in [-0.15, -0.1) is 0 Å². The van der Waals surface area contributed by atoms with E-state index < -0.39 is 0 Å². The fraction of sp³-hybridized carbons (Fsp3) is 0.350. The van der Waals surface area contributed by atoms with Gasteiger partial charge in [-0.25, -0.2) is 0 Å². The second-order valence-corrected chi connectivity index (χ2v) is 6.51. The van der Waals surface area contributed by atoms with E-state index in [0.29, 0.717) is 12.6 Å². The Kier molecular flexibility index (Phi) is 4.37. The Hall–Kier alpha value is -2.29. The van der Waals surface area contributed by atoms with Gasteiger partial charge in [-0.1, -0.05) is 35.9 Å². The lowest BCUT2D eigenvalue weighted by molar-refractivity contribution is -0.115. The molecule has 0 unspecified atom stereocenters. The van der Waals surface area contributed by atoms with Gasteiger partial charge in [0.2, 0.25) is 5.91 Å². The van der Waals surface area contributed by atoms with Crippen molar-refractivity contribution in [1.29, 1.82) is 0 Å². The fourth-order valence-electron chi connectivity index (χ4n) is 3.30. The van der Waals surface area contributed by atoms with Crippen LogP contribution in [0.4, 0.5) is 11.4 Å². The van der Waals surface area contributed by atoms with E-state index in [4.69, 9.17) is 0 Å². The van der Waals surface area contributed by atoms with Gasteiger partial charge in [0.15, 0.2) is 0 Å². The molecule has 23 heavy (non-hydrogen) atoms. The van der Waals surface area contributed by atoms with Crippen LogP contribution < -0.4 is 10.2 Å². The summed E-state index contributed by atoms with van der Waals surface area (Å²) >= 11 is 0. The van der Waals surface area contributed by atoms with Crippen molar-refractivity contribution in [2.45, 2.75) is 39.7 Å². The molecule has 1 amide bonds. The van der Waals surface area contributed by atoms with Crippen LogP contribution in [-0.2, 0) is 11.2 Å². The molecule has 2 aromatic carbocycles. The highest BCUT2D eigenvalue weighted by molar-refractivity contribution is 5.95. The predicted octanol–water partition coefficient (Wildman–Crippen LogP) is 4.08. The highest BCUT2D eigenvalue weighted by Crippen LogP contribution is 2.30. The zero-order chi connectivity index (χ0) is 16.4. The maximum absolute atomic E-state index is 12.5. The SMILES string of the molecule is Cc1ccc(NC(=O)CN2c3ccccc3CC[C@@H]2C)c(C)c1. The normalized spacial score (nSPS) is 16.8. The summed E-state index contributed by atoms with van der Waals surface area (Å²) in [6, 6.07) is 14.9. The van der Waals surface area contributed by atoms with Crippen molar-refractivity contribution in [2.75, 3.05) is 16.8 Å². The van der Waals surface area contributed by atoms with Gasteiger partial charge in [-0.05, 0) is 56.9 Å². The van der Waals surface area contributed by atoms with E-state index in [2.05, 4.69) is 48.3 Å². The number of carbonyl (C=O) groups excluding carboxylic acids is 1. The van der Waals surface area contributed by atoms with Crippen LogP contribution in [0.15, 0.2) is 42.5 Å². The molecule has 0 spiro atoms. The molecule has 2 aromatic rings. The van der Waals surface area contributed by atoms with Crippen molar-refractivity contribution >= 4 is 17.3 Å². The first kappa shape index (κ1) is 15.6. The summed E-state index contributed by atoms with van der Waals surface area (Å²) in [6.45, 7) is 6.68. The largest absolute Gasteiger partial charge is 0.359 e. The molecule has 1 heterocycles. The molecular weight excluding hydrogens is 284 g/mol. The Balaban J connectivity index is 1.75. The molecule has 0 saturated heterocycles. The van der Waals surface area contributed by atoms with Gasteiger partial charge in [0, 0.05) is 17.4 Å². The van der Waals surface area contributed by atoms with Crippen molar-refractivity contribution < 1.29 is 4.79 Å². The van der Waals surface area contributed by atoms with E-state index in [1.807, 2.05) is 25.1 Å². The predicted molar refractivity (Wildman–Crippen MR) is 96.1 cm³/mol. The lowest BCUT2D eigenvalue weighted by atomic mass is 9.96. The van der Waals surface area contributed by atoms with Gasteiger partial charge in [-0.3, -0.25) is 4.79 Å². The van der Waals surface area contributed by atoms with Gasteiger partial charge in [-0.2, -0.15) is 0 Å². The highest BCUT2D eigenvalue weighted by Gasteiger charge is 2.24. The Bertz CT molecular complexity index is 723. The molecule has 1 aliphatic heterocycles. The average Bonchev–Trinajstić information content (AvgIpc) is 2.53. The van der Waals surface area contributed by atoms with Crippen molar-refractivity contribution in [3.05, 3.63) is 59.2 Å². The monoisotopic (exact) mass is 308 g/mol. The van der Waals surface area contributed by atoms with Crippen LogP contribution in [0.1, 0.15) is 30.0 Å². The number of benzene rings is 2. The number of nitrogens with zero attached hydrogens (tertiary/aromatic N) is 1. The lowest BCUT2D eigenvalue weighted by Gasteiger charge is -2.36. The fourth-order valence-corrected chi connectivity index (χ4v) is 3.30. The topological polar surface area (TPSA) is 32.3 Å². The molecule has 3 nitrogen and oxygen atoms in total. The quantitative estimate of drug-likeness (QED) is 0.926. The first-order chi connectivity index (χ1) is 11.0. The molecule has 120 valence electrons. The number of hydrogen-bond acceptors (Lipinski definition) is 2. The molecule has 0 saturated carbocycles. The van der Waals surface area contributed by atoms with Crippen molar-refractivity contribution in [1.82, 2.24) is 0 Å². The van der Waals surface area contributed by atoms with Crippen LogP contribution in [0.25, 0.3) is 0 Å². The van der Waals surface area contributed by atoms with Gasteiger partial charge in [0.1, 0.15) is 0 Å². The minimum atomic E-state index is 0.0421. The number of amides is 1. The Morgan fingerprint density at radius 2 is 2.00 bits per heavy atom. The van der Waals surface area contributed by atoms with E-state index in [1.54, 1.807) is 0 Å². The molecule has 1 aliphatic rings. The van der Waals surface area contributed by atoms with Gasteiger partial charge < -0.3 is 10.2 Å². The molecule has 1 atom stereocenters. The minimum Gasteiger partial charge on any atom is -0.359 e. The summed E-state index contributed by atoms with van der Waals surface area (Å²) in [5.74, 6) is 0.0421. The summed E-state index contributed by atoms with van der Waals surface area (Å²) in [4.78, 5) is 14.7. The number of fused-ring (bicyclic) bond motifs is 1. The summed E-state index contributed by atoms with van der Waals surface area (Å²) in [6.07, 6.45) is 2.18. The summed E-state index contributed by atoms with van der Waals surface area (Å²) in [5.41, 5.74) is 5.75. The van der Waals surface area contributed by atoms with E-state index in [1.165, 1.54) is 16.8 Å². The zero-order valence-corrected chi connectivity index (χ0v) is 14.1. The molecule has 0 bridgehead atoms. The third-order valence-electron chi connectivity index (χ3n) is 4.63. The minimum absolute atomic E-state index is 0.0421. The van der Waals surface area contributed by atoms with Crippen LogP contribution in [0.2, 0.25) is 0 Å². The highest BCUT2D eigenvalue weighted by atomic mass is 16.2. The van der Waals surface area contributed by atoms with E-state index in [-0.39, 0.29) is 5.91 Å². The molecule has 3 rings (SSSR count). The number of nitrogens with one attached hydrogen (secondary N) is 1. The van der Waals surface area contributed by atoms with E-state index in [0.717, 1.165) is 24.1 Å². The standard InChI is InChI=1S/C20H24N2O/c1-14-8-11-18(15(2)12-14)21-20(23)13-22-16(3)9-10-17-6-4-5-7-19(17)22/h4-8,11-12,16H,9-10,13H2,1-3H3,(H,21,23)/t16-/m0/s1. The number of hydrogen-bond donors (Lipinski definition) is 1. The smallest absolute Gasteiger partial charge is 0.243 e. The third kappa shape index (κ3) is 3.39. The van der Waals surface area contributed by atoms with Crippen LogP contribution in [0.3, 0.4) is 0 Å². The molecule has 1 N–H and O–H groups in total. The molecular formula is C20H24N2O. The van der Waals surface area contributed by atoms with E-state index >= 15 is 0 Å². The number of carbonyl (C=O) groups is 1. The lowest BCUT2D eigenvalue weighted by Crippen LogP contribution is -2.42. The molecule has 0 aromatic heterocycles. The first-order valence-corrected chi connectivity index (χ1v) is 8.26. The van der Waals surface area contributed by atoms with E-state index in [9.17, 15) is 4.79 Å². The number of rotatable bonds is 3. The maximum Gasteiger partial charge on any atom is 0.243 e. The van der Waals surface area contributed by atoms with Crippen molar-refractivity contribution in [3.8, 4) is 0 Å². The second kappa shape index (κ2) is 6.45. The Labute approximate surface area is 138 Å². The Morgan fingerprint density at radius 3 is 2.78 bits per heavy atom. The van der Waals surface area contributed by atoms with Gasteiger partial charge >= 0.3 is 0 Å². The van der Waals surface area contributed by atoms with Crippen LogP contribution in [0.5, 0.6) is 0 Å². The van der Waals surface area contributed by atoms with Crippen LogP contribution in [-0.4, -0.2) is 18.5 Å². The van der Waals surface area contributed by atoms with Gasteiger partial charge in [0.25, 0.3) is 0 Å². The molecule has 0 fully saturated rings. The number of para-hydroxylation sites is 1. The first-order valence-electron chi connectivity index (χ1n) is 8.26. The Morgan fingerprint density at radius 1 is 1.22 bits per heavy atom. The summed E-state index contributed by atoms with van der Waals surface area (Å²) in [7, 11) is 0. The number of anilines is 2. The maximum atomic E-state index is 12.5. The number of aryl methyl sites for hydroxylation is 3. The van der Waals surface area contributed by atoms with Crippen LogP contribution in [0, 0.1) is 13.8 Å². The average molecular weight is 308 g/mol. The molecule has 3 heteroatoms. The molecule has 0 radical (unpaired) electrons. The third-order valence-corrected chi connectivity index (χ3v) is 4.63. The van der Waals surface area contributed by atoms with Crippen molar-refractivity contribution in [2.24, 2.45) is 0 Å².